The molecule has 0 saturated carbocycles. The fourth-order valence-corrected chi connectivity index (χ4v) is 2.24. The first-order chi connectivity index (χ1) is 10.3. The average molecular weight is 284 g/mol. The monoisotopic (exact) mass is 284 g/mol. The van der Waals surface area contributed by atoms with E-state index in [4.69, 9.17) is 4.74 Å². The second-order valence-corrected chi connectivity index (χ2v) is 4.90. The molecule has 1 fully saturated rings. The highest BCUT2D eigenvalue weighted by Gasteiger charge is 2.16. The molecule has 0 radical (unpaired) electrons. The van der Waals surface area contributed by atoms with Gasteiger partial charge in [0.2, 0.25) is 0 Å². The average Bonchev–Trinajstić information content (AvgIpc) is 3.07. The van der Waals surface area contributed by atoms with Gasteiger partial charge in [0.1, 0.15) is 6.33 Å². The molecule has 1 aliphatic heterocycles. The molecule has 1 amide bonds. The fourth-order valence-electron chi connectivity index (χ4n) is 2.24. The Kier molecular flexibility index (Phi) is 4.16. The van der Waals surface area contributed by atoms with Crippen molar-refractivity contribution >= 4 is 5.91 Å². The predicted molar refractivity (Wildman–Crippen MR) is 76.6 cm³/mol. The number of rotatable bonds is 4. The lowest BCUT2D eigenvalue weighted by Crippen LogP contribution is -2.31. The first-order valence-corrected chi connectivity index (χ1v) is 6.94. The zero-order valence-electron chi connectivity index (χ0n) is 11.5. The summed E-state index contributed by atoms with van der Waals surface area (Å²) >= 11 is 0. The number of hydrogen-bond donors (Lipinski definition) is 1. The molecule has 6 nitrogen and oxygen atoms in total. The molecule has 108 valence electrons. The Morgan fingerprint density at radius 2 is 2.14 bits per heavy atom. The number of nitrogens with zero attached hydrogens (tertiary/aromatic N) is 3. The van der Waals surface area contributed by atoms with Crippen LogP contribution in [0.5, 0.6) is 0 Å². The van der Waals surface area contributed by atoms with Gasteiger partial charge in [0.15, 0.2) is 0 Å². The van der Waals surface area contributed by atoms with E-state index in [1.54, 1.807) is 30.7 Å². The second kappa shape index (κ2) is 6.41. The molecule has 6 heteroatoms. The van der Waals surface area contributed by atoms with Crippen molar-refractivity contribution in [3.63, 3.8) is 0 Å². The predicted octanol–water partition coefficient (Wildman–Crippen LogP) is 1.45. The maximum atomic E-state index is 12.0. The quantitative estimate of drug-likeness (QED) is 0.919. The number of carbonyl (C=O) groups is 1. The van der Waals surface area contributed by atoms with E-state index in [0.29, 0.717) is 12.1 Å². The highest BCUT2D eigenvalue weighted by molar-refractivity contribution is 5.94. The molecule has 21 heavy (non-hydrogen) atoms. The molecule has 0 aliphatic carbocycles. The molecule has 1 aliphatic rings. The second-order valence-electron chi connectivity index (χ2n) is 4.90. The molecule has 3 heterocycles. The Morgan fingerprint density at radius 3 is 2.81 bits per heavy atom. The standard InChI is InChI=1S/C15H16N4O2/c20-15(19-9-13-2-1-5-21-13)11-3-4-14(18-8-11)12-6-16-10-17-7-12/h3-4,6-8,10,13H,1-2,5,9H2,(H,19,20)/t13-/m0/s1. The summed E-state index contributed by atoms with van der Waals surface area (Å²) < 4.78 is 5.47. The van der Waals surface area contributed by atoms with Crippen LogP contribution < -0.4 is 5.32 Å². The Balaban J connectivity index is 1.62. The number of hydrogen-bond acceptors (Lipinski definition) is 5. The minimum Gasteiger partial charge on any atom is -0.376 e. The van der Waals surface area contributed by atoms with Crippen molar-refractivity contribution in [3.05, 3.63) is 42.6 Å². The summed E-state index contributed by atoms with van der Waals surface area (Å²) in [7, 11) is 0. The highest BCUT2D eigenvalue weighted by atomic mass is 16.5. The van der Waals surface area contributed by atoms with Crippen molar-refractivity contribution in [2.24, 2.45) is 0 Å². The molecule has 2 aromatic heterocycles. The molecule has 0 spiro atoms. The van der Waals surface area contributed by atoms with Crippen LogP contribution in [0.2, 0.25) is 0 Å². The molecule has 0 unspecified atom stereocenters. The van der Waals surface area contributed by atoms with Gasteiger partial charge in [0.25, 0.3) is 5.91 Å². The topological polar surface area (TPSA) is 77.0 Å². The molecule has 1 N–H and O–H groups in total. The van der Waals surface area contributed by atoms with Gasteiger partial charge in [-0.3, -0.25) is 9.78 Å². The lowest BCUT2D eigenvalue weighted by Gasteiger charge is -2.10. The van der Waals surface area contributed by atoms with E-state index < -0.39 is 0 Å². The van der Waals surface area contributed by atoms with Gasteiger partial charge in [-0.2, -0.15) is 0 Å². The third kappa shape index (κ3) is 3.41. The van der Waals surface area contributed by atoms with Crippen molar-refractivity contribution in [3.8, 4) is 11.3 Å². The Bertz CT molecular complexity index is 595. The summed E-state index contributed by atoms with van der Waals surface area (Å²) in [5.41, 5.74) is 2.10. The first kappa shape index (κ1) is 13.6. The van der Waals surface area contributed by atoms with Gasteiger partial charge in [-0.25, -0.2) is 9.97 Å². The zero-order chi connectivity index (χ0) is 14.5. The molecule has 0 aromatic carbocycles. The van der Waals surface area contributed by atoms with Crippen LogP contribution >= 0.6 is 0 Å². The molecule has 3 rings (SSSR count). The third-order valence-electron chi connectivity index (χ3n) is 3.40. The van der Waals surface area contributed by atoms with Crippen LogP contribution in [0.15, 0.2) is 37.1 Å². The fraction of sp³-hybridized carbons (Fsp3) is 0.333. The zero-order valence-corrected chi connectivity index (χ0v) is 11.5. The van der Waals surface area contributed by atoms with Gasteiger partial charge in [-0.1, -0.05) is 0 Å². The molecule has 0 bridgehead atoms. The summed E-state index contributed by atoms with van der Waals surface area (Å²) in [6, 6.07) is 3.54. The number of amides is 1. The SMILES string of the molecule is O=C(NC[C@@H]1CCCO1)c1ccc(-c2cncnc2)nc1. The number of aromatic nitrogens is 3. The van der Waals surface area contributed by atoms with Crippen LogP contribution in [-0.4, -0.2) is 40.1 Å². The lowest BCUT2D eigenvalue weighted by atomic mass is 10.2. The number of nitrogens with one attached hydrogen (secondary N) is 1. The van der Waals surface area contributed by atoms with Crippen LogP contribution in [0, 0.1) is 0 Å². The van der Waals surface area contributed by atoms with E-state index in [-0.39, 0.29) is 12.0 Å². The smallest absolute Gasteiger partial charge is 0.252 e. The summed E-state index contributed by atoms with van der Waals surface area (Å²) in [5.74, 6) is -0.131. The largest absolute Gasteiger partial charge is 0.376 e. The van der Waals surface area contributed by atoms with Crippen LogP contribution in [0.1, 0.15) is 23.2 Å². The van der Waals surface area contributed by atoms with Gasteiger partial charge in [-0.05, 0) is 25.0 Å². The maximum absolute atomic E-state index is 12.0. The van der Waals surface area contributed by atoms with Crippen LogP contribution in [-0.2, 0) is 4.74 Å². The molecule has 2 aromatic rings. The van der Waals surface area contributed by atoms with E-state index in [1.165, 1.54) is 6.33 Å². The number of pyridine rings is 1. The molecular weight excluding hydrogens is 268 g/mol. The van der Waals surface area contributed by atoms with E-state index in [0.717, 1.165) is 30.7 Å². The van der Waals surface area contributed by atoms with Crippen LogP contribution in [0.3, 0.4) is 0 Å². The van der Waals surface area contributed by atoms with Crippen LogP contribution in [0.25, 0.3) is 11.3 Å². The molecule has 1 saturated heterocycles. The Hall–Kier alpha value is -2.34. The first-order valence-electron chi connectivity index (χ1n) is 6.94. The van der Waals surface area contributed by atoms with Crippen molar-refractivity contribution in [1.29, 1.82) is 0 Å². The van der Waals surface area contributed by atoms with Crippen molar-refractivity contribution in [2.45, 2.75) is 18.9 Å². The van der Waals surface area contributed by atoms with Crippen molar-refractivity contribution in [2.75, 3.05) is 13.2 Å². The summed E-state index contributed by atoms with van der Waals surface area (Å²) in [5, 5.41) is 2.87. The van der Waals surface area contributed by atoms with E-state index in [1.807, 2.05) is 0 Å². The van der Waals surface area contributed by atoms with E-state index >= 15 is 0 Å². The minimum absolute atomic E-state index is 0.131. The van der Waals surface area contributed by atoms with Gasteiger partial charge in [0.05, 0.1) is 17.4 Å². The van der Waals surface area contributed by atoms with E-state index in [9.17, 15) is 4.79 Å². The summed E-state index contributed by atoms with van der Waals surface area (Å²) in [4.78, 5) is 24.2. The van der Waals surface area contributed by atoms with Gasteiger partial charge in [-0.15, -0.1) is 0 Å². The number of carbonyl (C=O) groups excluding carboxylic acids is 1. The summed E-state index contributed by atoms with van der Waals surface area (Å²) in [6.45, 7) is 1.34. The van der Waals surface area contributed by atoms with Gasteiger partial charge < -0.3 is 10.1 Å². The molecule has 1 atom stereocenters. The van der Waals surface area contributed by atoms with Gasteiger partial charge in [0, 0.05) is 37.3 Å². The van der Waals surface area contributed by atoms with Crippen molar-refractivity contribution in [1.82, 2.24) is 20.3 Å². The Labute approximate surface area is 122 Å². The highest BCUT2D eigenvalue weighted by Crippen LogP contribution is 2.14. The normalized spacial score (nSPS) is 17.6. The maximum Gasteiger partial charge on any atom is 0.252 e. The molecular formula is C15H16N4O2. The summed E-state index contributed by atoms with van der Waals surface area (Å²) in [6.07, 6.45) is 8.62. The lowest BCUT2D eigenvalue weighted by molar-refractivity contribution is 0.0857. The minimum atomic E-state index is -0.131. The van der Waals surface area contributed by atoms with Gasteiger partial charge >= 0.3 is 0 Å². The van der Waals surface area contributed by atoms with E-state index in [2.05, 4.69) is 20.3 Å². The van der Waals surface area contributed by atoms with Crippen molar-refractivity contribution < 1.29 is 9.53 Å². The Morgan fingerprint density at radius 1 is 1.29 bits per heavy atom. The number of ether oxygens (including phenoxy) is 1. The third-order valence-corrected chi connectivity index (χ3v) is 3.40. The van der Waals surface area contributed by atoms with Crippen LogP contribution in [0.4, 0.5) is 0 Å².